The van der Waals surface area contributed by atoms with E-state index >= 15 is 0 Å². The van der Waals surface area contributed by atoms with Crippen molar-refractivity contribution in [1.82, 2.24) is 24.4 Å². The maximum absolute atomic E-state index is 13.0. The number of piperidine rings is 1. The van der Waals surface area contributed by atoms with Gasteiger partial charge in [0.15, 0.2) is 5.82 Å². The number of fused-ring (bicyclic) bond motifs is 2. The SMILES string of the molecule is Cc1nccn1CC(=O)N1CCCC2(CCc3cnc(-c4ccccc4)nc32)C1. The van der Waals surface area contributed by atoms with E-state index in [4.69, 9.17) is 4.98 Å². The zero-order chi connectivity index (χ0) is 19.8. The van der Waals surface area contributed by atoms with Crippen LogP contribution in [0.25, 0.3) is 11.4 Å². The van der Waals surface area contributed by atoms with Crippen LogP contribution in [0.5, 0.6) is 0 Å². The van der Waals surface area contributed by atoms with Gasteiger partial charge in [-0.05, 0) is 38.2 Å². The lowest BCUT2D eigenvalue weighted by Crippen LogP contribution is -2.48. The highest BCUT2D eigenvalue weighted by molar-refractivity contribution is 5.76. The molecule has 1 saturated heterocycles. The Morgan fingerprint density at radius 2 is 2.03 bits per heavy atom. The van der Waals surface area contributed by atoms with E-state index in [0.29, 0.717) is 6.54 Å². The van der Waals surface area contributed by atoms with E-state index in [0.717, 1.165) is 61.7 Å². The van der Waals surface area contributed by atoms with E-state index in [2.05, 4.69) is 9.97 Å². The van der Waals surface area contributed by atoms with Gasteiger partial charge in [0, 0.05) is 42.7 Å². The Hall–Kier alpha value is -3.02. The zero-order valence-electron chi connectivity index (χ0n) is 16.7. The van der Waals surface area contributed by atoms with Crippen molar-refractivity contribution in [1.29, 1.82) is 0 Å². The molecule has 2 aromatic heterocycles. The first kappa shape index (κ1) is 18.0. The molecule has 1 aromatic carbocycles. The molecular weight excluding hydrogens is 362 g/mol. The number of hydrogen-bond acceptors (Lipinski definition) is 4. The molecule has 29 heavy (non-hydrogen) atoms. The van der Waals surface area contributed by atoms with Crippen molar-refractivity contribution in [3.8, 4) is 11.4 Å². The van der Waals surface area contributed by atoms with Crippen molar-refractivity contribution < 1.29 is 4.79 Å². The van der Waals surface area contributed by atoms with Crippen molar-refractivity contribution in [3.63, 3.8) is 0 Å². The maximum Gasteiger partial charge on any atom is 0.242 e. The number of benzene rings is 1. The van der Waals surface area contributed by atoms with E-state index in [1.54, 1.807) is 6.20 Å². The lowest BCUT2D eigenvalue weighted by atomic mass is 9.77. The first-order chi connectivity index (χ1) is 14.1. The second-order valence-electron chi connectivity index (χ2n) is 8.24. The van der Waals surface area contributed by atoms with Crippen molar-refractivity contribution in [3.05, 3.63) is 66.0 Å². The molecular formula is C23H25N5O. The molecule has 5 rings (SSSR count). The molecule has 6 nitrogen and oxygen atoms in total. The van der Waals surface area contributed by atoms with Crippen LogP contribution < -0.4 is 0 Å². The molecule has 1 spiro atoms. The van der Waals surface area contributed by atoms with E-state index in [9.17, 15) is 4.79 Å². The standard InChI is InChI=1S/C23H25N5O/c1-17-24-11-13-27(17)15-20(29)28-12-5-9-23(16-28)10-8-19-14-25-22(26-21(19)23)18-6-3-2-4-7-18/h2-4,6-7,11,13-14H,5,8-10,12,15-16H2,1H3. The second kappa shape index (κ2) is 7.10. The van der Waals surface area contributed by atoms with E-state index in [1.807, 2.05) is 59.1 Å². The molecule has 0 N–H and O–H groups in total. The molecule has 1 aliphatic heterocycles. The van der Waals surface area contributed by atoms with Crippen LogP contribution in [0, 0.1) is 6.92 Å². The summed E-state index contributed by atoms with van der Waals surface area (Å²) in [5, 5.41) is 0. The van der Waals surface area contributed by atoms with Crippen LogP contribution in [-0.4, -0.2) is 43.4 Å². The van der Waals surface area contributed by atoms with Crippen LogP contribution in [0.3, 0.4) is 0 Å². The summed E-state index contributed by atoms with van der Waals surface area (Å²) in [6.45, 7) is 3.85. The summed E-state index contributed by atoms with van der Waals surface area (Å²) >= 11 is 0. The van der Waals surface area contributed by atoms with Crippen LogP contribution >= 0.6 is 0 Å². The van der Waals surface area contributed by atoms with Crippen molar-refractivity contribution in [2.24, 2.45) is 0 Å². The topological polar surface area (TPSA) is 63.9 Å². The third-order valence-corrected chi connectivity index (χ3v) is 6.43. The summed E-state index contributed by atoms with van der Waals surface area (Å²) in [6, 6.07) is 10.1. The predicted octanol–water partition coefficient (Wildman–Crippen LogP) is 3.16. The summed E-state index contributed by atoms with van der Waals surface area (Å²) in [5.74, 6) is 1.82. The number of amides is 1. The Bertz CT molecular complexity index is 1040. The highest BCUT2D eigenvalue weighted by atomic mass is 16.2. The number of rotatable bonds is 3. The van der Waals surface area contributed by atoms with Gasteiger partial charge < -0.3 is 9.47 Å². The number of carbonyl (C=O) groups excluding carboxylic acids is 1. The van der Waals surface area contributed by atoms with Crippen molar-refractivity contribution in [2.75, 3.05) is 13.1 Å². The van der Waals surface area contributed by atoms with Crippen LogP contribution in [0.1, 0.15) is 36.3 Å². The molecule has 6 heteroatoms. The number of likely N-dealkylation sites (tertiary alicyclic amines) is 1. The van der Waals surface area contributed by atoms with E-state index < -0.39 is 0 Å². The summed E-state index contributed by atoms with van der Waals surface area (Å²) < 4.78 is 1.92. The first-order valence-electron chi connectivity index (χ1n) is 10.3. The van der Waals surface area contributed by atoms with Gasteiger partial charge in [-0.2, -0.15) is 0 Å². The predicted molar refractivity (Wildman–Crippen MR) is 110 cm³/mol. The number of aryl methyl sites for hydroxylation is 2. The normalized spacial score (nSPS) is 20.8. The molecule has 1 unspecified atom stereocenters. The zero-order valence-corrected chi connectivity index (χ0v) is 16.7. The minimum atomic E-state index is -0.0420. The Kier molecular flexibility index (Phi) is 4.42. The third kappa shape index (κ3) is 3.22. The Labute approximate surface area is 170 Å². The van der Waals surface area contributed by atoms with Gasteiger partial charge in [-0.1, -0.05) is 30.3 Å². The number of imidazole rings is 1. The molecule has 3 aromatic rings. The van der Waals surface area contributed by atoms with Gasteiger partial charge in [-0.3, -0.25) is 4.79 Å². The van der Waals surface area contributed by atoms with Crippen molar-refractivity contribution >= 4 is 5.91 Å². The van der Waals surface area contributed by atoms with Crippen LogP contribution in [-0.2, 0) is 23.2 Å². The highest BCUT2D eigenvalue weighted by Crippen LogP contribution is 2.44. The molecule has 2 aliphatic rings. The summed E-state index contributed by atoms with van der Waals surface area (Å²) in [5.41, 5.74) is 3.39. The van der Waals surface area contributed by atoms with Gasteiger partial charge in [0.1, 0.15) is 12.4 Å². The van der Waals surface area contributed by atoms with E-state index in [-0.39, 0.29) is 11.3 Å². The van der Waals surface area contributed by atoms with Crippen LogP contribution in [0.15, 0.2) is 48.9 Å². The summed E-state index contributed by atoms with van der Waals surface area (Å²) in [6.07, 6.45) is 9.75. The third-order valence-electron chi connectivity index (χ3n) is 6.43. The lowest BCUT2D eigenvalue weighted by molar-refractivity contribution is -0.134. The number of aromatic nitrogens is 4. The second-order valence-corrected chi connectivity index (χ2v) is 8.24. The number of hydrogen-bond donors (Lipinski definition) is 0. The fourth-order valence-electron chi connectivity index (χ4n) is 4.83. The van der Waals surface area contributed by atoms with Crippen molar-refractivity contribution in [2.45, 2.75) is 44.6 Å². The van der Waals surface area contributed by atoms with Gasteiger partial charge in [0.05, 0.1) is 5.69 Å². The van der Waals surface area contributed by atoms with Gasteiger partial charge in [0.25, 0.3) is 0 Å². The smallest absolute Gasteiger partial charge is 0.242 e. The molecule has 0 radical (unpaired) electrons. The van der Waals surface area contributed by atoms with Gasteiger partial charge in [-0.25, -0.2) is 15.0 Å². The number of carbonyl (C=O) groups is 1. The largest absolute Gasteiger partial charge is 0.340 e. The fourth-order valence-corrected chi connectivity index (χ4v) is 4.83. The first-order valence-corrected chi connectivity index (χ1v) is 10.3. The molecule has 1 amide bonds. The Balaban J connectivity index is 1.42. The monoisotopic (exact) mass is 387 g/mol. The minimum absolute atomic E-state index is 0.0420. The fraction of sp³-hybridized carbons (Fsp3) is 0.391. The molecule has 1 aliphatic carbocycles. The van der Waals surface area contributed by atoms with Crippen LogP contribution in [0.4, 0.5) is 0 Å². The molecule has 3 heterocycles. The van der Waals surface area contributed by atoms with Gasteiger partial charge in [0.2, 0.25) is 5.91 Å². The average Bonchev–Trinajstić information content (AvgIpc) is 3.32. The summed E-state index contributed by atoms with van der Waals surface area (Å²) in [4.78, 5) is 28.9. The lowest BCUT2D eigenvalue weighted by Gasteiger charge is -2.40. The molecule has 148 valence electrons. The minimum Gasteiger partial charge on any atom is -0.340 e. The molecule has 0 saturated carbocycles. The quantitative estimate of drug-likeness (QED) is 0.693. The molecule has 1 fully saturated rings. The maximum atomic E-state index is 13.0. The average molecular weight is 387 g/mol. The van der Waals surface area contributed by atoms with Crippen LogP contribution in [0.2, 0.25) is 0 Å². The number of nitrogens with zero attached hydrogens (tertiary/aromatic N) is 5. The Morgan fingerprint density at radius 3 is 2.83 bits per heavy atom. The van der Waals surface area contributed by atoms with Gasteiger partial charge in [-0.15, -0.1) is 0 Å². The van der Waals surface area contributed by atoms with E-state index in [1.165, 1.54) is 5.56 Å². The Morgan fingerprint density at radius 1 is 1.17 bits per heavy atom. The van der Waals surface area contributed by atoms with Gasteiger partial charge >= 0.3 is 0 Å². The molecule has 0 bridgehead atoms. The highest BCUT2D eigenvalue weighted by Gasteiger charge is 2.44. The summed E-state index contributed by atoms with van der Waals surface area (Å²) in [7, 11) is 0. The molecule has 1 atom stereocenters.